The van der Waals surface area contributed by atoms with Crippen LogP contribution >= 0.6 is 0 Å². The molecule has 2 rings (SSSR count). The van der Waals surface area contributed by atoms with E-state index in [2.05, 4.69) is 0 Å². The van der Waals surface area contributed by atoms with E-state index in [0.29, 0.717) is 29.4 Å². The van der Waals surface area contributed by atoms with Crippen molar-refractivity contribution in [3.63, 3.8) is 0 Å². The molecule has 0 amide bonds. The molecule has 0 aliphatic heterocycles. The lowest BCUT2D eigenvalue weighted by Gasteiger charge is -2.14. The molecule has 0 saturated carbocycles. The highest BCUT2D eigenvalue weighted by atomic mass is 16.5. The zero-order valence-corrected chi connectivity index (χ0v) is 12.5. The molecule has 1 atom stereocenters. The molecule has 0 heterocycles. The second kappa shape index (κ2) is 6.99. The van der Waals surface area contributed by atoms with Crippen molar-refractivity contribution in [1.29, 1.82) is 0 Å². The van der Waals surface area contributed by atoms with Crippen molar-refractivity contribution in [2.45, 2.75) is 19.4 Å². The number of benzene rings is 2. The van der Waals surface area contributed by atoms with Crippen LogP contribution in [0, 0.1) is 0 Å². The molecule has 21 heavy (non-hydrogen) atoms. The van der Waals surface area contributed by atoms with Crippen LogP contribution < -0.4 is 14.2 Å². The highest BCUT2D eigenvalue weighted by molar-refractivity contribution is 5.53. The first-order chi connectivity index (χ1) is 10.2. The van der Waals surface area contributed by atoms with E-state index >= 15 is 0 Å². The van der Waals surface area contributed by atoms with Crippen LogP contribution in [0.4, 0.5) is 0 Å². The van der Waals surface area contributed by atoms with Gasteiger partial charge in [0.1, 0.15) is 5.75 Å². The van der Waals surface area contributed by atoms with Crippen molar-refractivity contribution < 1.29 is 19.3 Å². The molecule has 4 nitrogen and oxygen atoms in total. The van der Waals surface area contributed by atoms with Crippen LogP contribution in [0.3, 0.4) is 0 Å². The number of aliphatic hydroxyl groups is 1. The van der Waals surface area contributed by atoms with Crippen LogP contribution in [0.2, 0.25) is 0 Å². The molecular weight excluding hydrogens is 268 g/mol. The summed E-state index contributed by atoms with van der Waals surface area (Å²) in [5.41, 5.74) is 0.872. The molecule has 0 saturated heterocycles. The summed E-state index contributed by atoms with van der Waals surface area (Å²) in [4.78, 5) is 0. The monoisotopic (exact) mass is 288 g/mol. The molecule has 0 aliphatic rings. The summed E-state index contributed by atoms with van der Waals surface area (Å²) in [5, 5.41) is 9.79. The van der Waals surface area contributed by atoms with E-state index in [4.69, 9.17) is 14.2 Å². The SMILES string of the molecule is CC[C@@H](O)c1ccc(Oc2c(OC)cccc2OC)cc1. The zero-order chi connectivity index (χ0) is 15.2. The average molecular weight is 288 g/mol. The highest BCUT2D eigenvalue weighted by Crippen LogP contribution is 2.40. The fourth-order valence-corrected chi connectivity index (χ4v) is 2.03. The van der Waals surface area contributed by atoms with E-state index in [1.807, 2.05) is 49.4 Å². The minimum absolute atomic E-state index is 0.445. The number of methoxy groups -OCH3 is 2. The van der Waals surface area contributed by atoms with Crippen LogP contribution in [-0.4, -0.2) is 19.3 Å². The van der Waals surface area contributed by atoms with Crippen LogP contribution in [0.15, 0.2) is 42.5 Å². The van der Waals surface area contributed by atoms with Gasteiger partial charge in [-0.2, -0.15) is 0 Å². The number of hydrogen-bond acceptors (Lipinski definition) is 4. The van der Waals surface area contributed by atoms with Gasteiger partial charge in [0.2, 0.25) is 5.75 Å². The van der Waals surface area contributed by atoms with Gasteiger partial charge in [-0.05, 0) is 36.2 Å². The number of rotatable bonds is 6. The number of ether oxygens (including phenoxy) is 3. The van der Waals surface area contributed by atoms with Crippen molar-refractivity contribution in [2.24, 2.45) is 0 Å². The topological polar surface area (TPSA) is 47.9 Å². The molecule has 2 aromatic carbocycles. The molecule has 0 spiro atoms. The summed E-state index contributed by atoms with van der Waals surface area (Å²) < 4.78 is 16.4. The van der Waals surface area contributed by atoms with Crippen molar-refractivity contribution in [3.05, 3.63) is 48.0 Å². The van der Waals surface area contributed by atoms with Crippen LogP contribution in [0.1, 0.15) is 25.0 Å². The fraction of sp³-hybridized carbons (Fsp3) is 0.294. The van der Waals surface area contributed by atoms with Crippen LogP contribution in [0.25, 0.3) is 0 Å². The summed E-state index contributed by atoms with van der Waals surface area (Å²) in [6.45, 7) is 1.94. The van der Waals surface area contributed by atoms with Crippen molar-refractivity contribution >= 4 is 0 Å². The molecule has 0 bridgehead atoms. The van der Waals surface area contributed by atoms with E-state index in [9.17, 15) is 5.11 Å². The van der Waals surface area contributed by atoms with Gasteiger partial charge in [0.05, 0.1) is 20.3 Å². The lowest BCUT2D eigenvalue weighted by Crippen LogP contribution is -1.96. The molecular formula is C17H20O4. The van der Waals surface area contributed by atoms with Gasteiger partial charge in [0, 0.05) is 0 Å². The van der Waals surface area contributed by atoms with Gasteiger partial charge in [0.25, 0.3) is 0 Å². The zero-order valence-electron chi connectivity index (χ0n) is 12.5. The van der Waals surface area contributed by atoms with Gasteiger partial charge in [-0.25, -0.2) is 0 Å². The summed E-state index contributed by atoms with van der Waals surface area (Å²) in [6, 6.07) is 12.8. The van der Waals surface area contributed by atoms with E-state index in [-0.39, 0.29) is 0 Å². The number of hydrogen-bond donors (Lipinski definition) is 1. The van der Waals surface area contributed by atoms with Gasteiger partial charge >= 0.3 is 0 Å². The maximum atomic E-state index is 9.79. The first kappa shape index (κ1) is 15.2. The minimum atomic E-state index is -0.445. The minimum Gasteiger partial charge on any atom is -0.493 e. The molecule has 0 unspecified atom stereocenters. The molecule has 2 aromatic rings. The lowest BCUT2D eigenvalue weighted by molar-refractivity contribution is 0.173. The average Bonchev–Trinajstić information content (AvgIpc) is 2.55. The quantitative estimate of drug-likeness (QED) is 0.874. The highest BCUT2D eigenvalue weighted by Gasteiger charge is 2.12. The van der Waals surface area contributed by atoms with E-state index in [0.717, 1.165) is 5.56 Å². The van der Waals surface area contributed by atoms with Gasteiger partial charge in [0.15, 0.2) is 11.5 Å². The molecule has 0 radical (unpaired) electrons. The summed E-state index contributed by atoms with van der Waals surface area (Å²) in [5.74, 6) is 2.40. The van der Waals surface area contributed by atoms with E-state index in [1.54, 1.807) is 14.2 Å². The Hall–Kier alpha value is -2.20. The second-order valence-corrected chi connectivity index (χ2v) is 4.59. The Bertz CT molecular complexity index is 556. The Morgan fingerprint density at radius 1 is 0.952 bits per heavy atom. The normalized spacial score (nSPS) is 11.8. The van der Waals surface area contributed by atoms with Crippen LogP contribution in [-0.2, 0) is 0 Å². The molecule has 4 heteroatoms. The van der Waals surface area contributed by atoms with Crippen molar-refractivity contribution in [3.8, 4) is 23.0 Å². The predicted molar refractivity (Wildman–Crippen MR) is 81.3 cm³/mol. The van der Waals surface area contributed by atoms with E-state index in [1.165, 1.54) is 0 Å². The molecule has 0 aromatic heterocycles. The number of para-hydroxylation sites is 1. The Labute approximate surface area is 124 Å². The van der Waals surface area contributed by atoms with E-state index < -0.39 is 6.10 Å². The maximum absolute atomic E-state index is 9.79. The third-order valence-corrected chi connectivity index (χ3v) is 3.25. The standard InChI is InChI=1S/C17H20O4/c1-4-14(18)12-8-10-13(11-9-12)21-17-15(19-2)6-5-7-16(17)20-3/h5-11,14,18H,4H2,1-3H3/t14-/m1/s1. The Balaban J connectivity index is 2.26. The Kier molecular flexibility index (Phi) is 5.06. The first-order valence-corrected chi connectivity index (χ1v) is 6.86. The Morgan fingerprint density at radius 2 is 1.52 bits per heavy atom. The van der Waals surface area contributed by atoms with Crippen molar-refractivity contribution in [1.82, 2.24) is 0 Å². The summed E-state index contributed by atoms with van der Waals surface area (Å²) >= 11 is 0. The molecule has 112 valence electrons. The smallest absolute Gasteiger partial charge is 0.210 e. The third kappa shape index (κ3) is 3.47. The van der Waals surface area contributed by atoms with Gasteiger partial charge in [-0.15, -0.1) is 0 Å². The van der Waals surface area contributed by atoms with Gasteiger partial charge in [-0.3, -0.25) is 0 Å². The van der Waals surface area contributed by atoms with Gasteiger partial charge < -0.3 is 19.3 Å². The summed E-state index contributed by atoms with van der Waals surface area (Å²) in [6.07, 6.45) is 0.237. The molecule has 1 N–H and O–H groups in total. The fourth-order valence-electron chi connectivity index (χ4n) is 2.03. The first-order valence-electron chi connectivity index (χ1n) is 6.86. The summed E-state index contributed by atoms with van der Waals surface area (Å²) in [7, 11) is 3.17. The maximum Gasteiger partial charge on any atom is 0.210 e. The third-order valence-electron chi connectivity index (χ3n) is 3.25. The van der Waals surface area contributed by atoms with Crippen LogP contribution in [0.5, 0.6) is 23.0 Å². The van der Waals surface area contributed by atoms with Crippen molar-refractivity contribution in [2.75, 3.05) is 14.2 Å². The second-order valence-electron chi connectivity index (χ2n) is 4.59. The molecule has 0 aliphatic carbocycles. The Morgan fingerprint density at radius 3 is 2.00 bits per heavy atom. The predicted octanol–water partition coefficient (Wildman–Crippen LogP) is 3.94. The largest absolute Gasteiger partial charge is 0.493 e. The lowest BCUT2D eigenvalue weighted by atomic mass is 10.1. The van der Waals surface area contributed by atoms with Gasteiger partial charge in [-0.1, -0.05) is 25.1 Å². The molecule has 0 fully saturated rings. The number of aliphatic hydroxyl groups excluding tert-OH is 1.